The van der Waals surface area contributed by atoms with Crippen LogP contribution in [0, 0.1) is 0 Å². The van der Waals surface area contributed by atoms with Crippen LogP contribution in [-0.2, 0) is 0 Å². The average Bonchev–Trinajstić information content (AvgIpc) is 2.58. The Morgan fingerprint density at radius 3 is 2.82 bits per heavy atom. The lowest BCUT2D eigenvalue weighted by Gasteiger charge is -2.16. The highest BCUT2D eigenvalue weighted by atomic mass is 17.0. The number of nitrogens with zero attached hydrogens (tertiary/aromatic N) is 3. The van der Waals surface area contributed by atoms with Crippen molar-refractivity contribution in [3.63, 3.8) is 0 Å². The SMILES string of the molecule is OCC1CCCN1n1on1O. The molecule has 1 fully saturated rings. The smallest absolute Gasteiger partial charge is 0.117 e. The van der Waals surface area contributed by atoms with Crippen molar-refractivity contribution in [2.45, 2.75) is 18.9 Å². The molecular weight excluding hydrogens is 150 g/mol. The number of hydrogen-bond donors (Lipinski definition) is 2. The summed E-state index contributed by atoms with van der Waals surface area (Å²) in [6.07, 6.45) is 1.98. The molecule has 0 amide bonds. The number of aromatic nitrogens is 2. The van der Waals surface area contributed by atoms with Crippen LogP contribution in [0.2, 0.25) is 0 Å². The predicted molar refractivity (Wildman–Crippen MR) is 35.1 cm³/mol. The molecular formula is C5H11N3O3. The van der Waals surface area contributed by atoms with Crippen LogP contribution in [-0.4, -0.2) is 39.5 Å². The third-order valence-corrected chi connectivity index (χ3v) is 2.04. The van der Waals surface area contributed by atoms with E-state index >= 15 is 0 Å². The molecule has 1 aliphatic heterocycles. The van der Waals surface area contributed by atoms with Crippen molar-refractivity contribution in [1.82, 2.24) is 9.98 Å². The summed E-state index contributed by atoms with van der Waals surface area (Å²) < 4.78 is 4.57. The van der Waals surface area contributed by atoms with Gasteiger partial charge in [-0.25, -0.2) is 0 Å². The predicted octanol–water partition coefficient (Wildman–Crippen LogP) is -0.787. The van der Waals surface area contributed by atoms with Crippen molar-refractivity contribution in [3.05, 3.63) is 0 Å². The fourth-order valence-electron chi connectivity index (χ4n) is 1.43. The minimum atomic E-state index is 0.0900. The monoisotopic (exact) mass is 161 g/mol. The van der Waals surface area contributed by atoms with Gasteiger partial charge in [-0.2, -0.15) is 4.63 Å². The van der Waals surface area contributed by atoms with E-state index in [9.17, 15) is 0 Å². The summed E-state index contributed by atoms with van der Waals surface area (Å²) in [6.45, 7) is 0.927. The highest BCUT2D eigenvalue weighted by Crippen LogP contribution is 2.16. The molecule has 1 aromatic heterocycles. The van der Waals surface area contributed by atoms with E-state index in [2.05, 4.69) is 4.63 Å². The molecule has 6 heteroatoms. The van der Waals surface area contributed by atoms with Gasteiger partial charge in [-0.3, -0.25) is 5.01 Å². The summed E-state index contributed by atoms with van der Waals surface area (Å²) in [5.74, 6) is 0. The molecule has 1 aliphatic rings. The molecule has 1 saturated heterocycles. The van der Waals surface area contributed by atoms with E-state index in [1.807, 2.05) is 0 Å². The minimum absolute atomic E-state index is 0.0900. The van der Waals surface area contributed by atoms with E-state index in [1.165, 1.54) is 4.96 Å². The number of aliphatic hydroxyl groups excluding tert-OH is 1. The summed E-state index contributed by atoms with van der Waals surface area (Å²) in [7, 11) is 0. The molecule has 0 aliphatic carbocycles. The molecule has 2 N–H and O–H groups in total. The van der Waals surface area contributed by atoms with Crippen LogP contribution in [0.4, 0.5) is 0 Å². The maximum Gasteiger partial charge on any atom is 0.117 e. The van der Waals surface area contributed by atoms with Gasteiger partial charge in [0.25, 0.3) is 0 Å². The van der Waals surface area contributed by atoms with Gasteiger partial charge in [0, 0.05) is 11.5 Å². The Morgan fingerprint density at radius 1 is 1.55 bits per heavy atom. The molecule has 2 heterocycles. The lowest BCUT2D eigenvalue weighted by Crippen LogP contribution is -2.39. The van der Waals surface area contributed by atoms with Crippen LogP contribution in [0.1, 0.15) is 12.8 Å². The Balaban J connectivity index is 2.03. The van der Waals surface area contributed by atoms with E-state index in [-0.39, 0.29) is 12.6 Å². The average molecular weight is 161 g/mol. The van der Waals surface area contributed by atoms with Gasteiger partial charge >= 0.3 is 0 Å². The second-order valence-electron chi connectivity index (χ2n) is 2.73. The number of rotatable bonds is 2. The van der Waals surface area contributed by atoms with Gasteiger partial charge in [0.05, 0.1) is 12.6 Å². The molecule has 0 bridgehead atoms. The van der Waals surface area contributed by atoms with Gasteiger partial charge in [-0.05, 0) is 12.8 Å². The summed E-state index contributed by atoms with van der Waals surface area (Å²) in [5.41, 5.74) is 0. The van der Waals surface area contributed by atoms with E-state index in [4.69, 9.17) is 10.3 Å². The van der Waals surface area contributed by atoms with Gasteiger partial charge in [-0.1, -0.05) is 0 Å². The topological polar surface area (TPSA) is 66.7 Å². The van der Waals surface area contributed by atoms with Gasteiger partial charge in [-0.15, -0.1) is 0 Å². The number of aliphatic hydroxyl groups is 1. The highest BCUT2D eigenvalue weighted by Gasteiger charge is 2.30. The Labute approximate surface area is 63.0 Å². The summed E-state index contributed by atoms with van der Waals surface area (Å²) in [6, 6.07) is 0.0900. The normalized spacial score (nSPS) is 25.2. The molecule has 1 aromatic rings. The Morgan fingerprint density at radius 2 is 2.27 bits per heavy atom. The van der Waals surface area contributed by atoms with Crippen molar-refractivity contribution < 1.29 is 14.9 Å². The first-order valence-corrected chi connectivity index (χ1v) is 3.67. The molecule has 1 atom stereocenters. The third-order valence-electron chi connectivity index (χ3n) is 2.04. The standard InChI is InChI=1S/C5H11N3O3/c9-4-5-2-1-3-6(5)7-8(10)11-7/h5,9-10H,1-4H2. The van der Waals surface area contributed by atoms with E-state index in [0.29, 0.717) is 5.02 Å². The Hall–Kier alpha value is -1.04. The molecule has 0 saturated carbocycles. The lowest BCUT2D eigenvalue weighted by molar-refractivity contribution is 0.106. The van der Waals surface area contributed by atoms with Crippen LogP contribution in [0.5, 0.6) is 0 Å². The van der Waals surface area contributed by atoms with Crippen LogP contribution in [0.15, 0.2) is 4.63 Å². The van der Waals surface area contributed by atoms with Crippen LogP contribution >= 0.6 is 0 Å². The largest absolute Gasteiger partial charge is 0.394 e. The maximum atomic E-state index is 8.88. The number of hydrogen-bond acceptors (Lipinski definition) is 4. The van der Waals surface area contributed by atoms with Crippen molar-refractivity contribution in [1.29, 1.82) is 0 Å². The second kappa shape index (κ2) is 2.23. The first-order chi connectivity index (χ1) is 5.33. The maximum absolute atomic E-state index is 8.88. The molecule has 6 nitrogen and oxygen atoms in total. The van der Waals surface area contributed by atoms with Crippen LogP contribution in [0.3, 0.4) is 0 Å². The fraction of sp³-hybridized carbons (Fsp3) is 1.00. The third kappa shape index (κ3) is 0.988. The Bertz CT molecular complexity index is 226. The van der Waals surface area contributed by atoms with Crippen molar-refractivity contribution in [2.24, 2.45) is 0 Å². The van der Waals surface area contributed by atoms with Gasteiger partial charge in [0.15, 0.2) is 0 Å². The summed E-state index contributed by atoms with van der Waals surface area (Å²) in [5, 5.41) is 20.0. The Kier molecular flexibility index (Phi) is 1.35. The lowest BCUT2D eigenvalue weighted by atomic mass is 10.2. The second-order valence-corrected chi connectivity index (χ2v) is 2.73. The zero-order valence-electron chi connectivity index (χ0n) is 6.05. The van der Waals surface area contributed by atoms with E-state index in [1.54, 1.807) is 5.01 Å². The first kappa shape index (κ1) is 6.66. The van der Waals surface area contributed by atoms with Crippen molar-refractivity contribution >= 4 is 0 Å². The van der Waals surface area contributed by atoms with E-state index < -0.39 is 0 Å². The molecule has 2 rings (SSSR count). The molecule has 11 heavy (non-hydrogen) atoms. The van der Waals surface area contributed by atoms with Crippen molar-refractivity contribution in [2.75, 3.05) is 18.2 Å². The molecule has 0 aromatic carbocycles. The summed E-state index contributed by atoms with van der Waals surface area (Å²) >= 11 is 0. The first-order valence-electron chi connectivity index (χ1n) is 3.67. The zero-order valence-corrected chi connectivity index (χ0v) is 6.05. The van der Waals surface area contributed by atoms with Crippen LogP contribution < -0.4 is 5.01 Å². The molecule has 64 valence electrons. The van der Waals surface area contributed by atoms with Gasteiger partial charge in [0.2, 0.25) is 0 Å². The fourth-order valence-corrected chi connectivity index (χ4v) is 1.43. The van der Waals surface area contributed by atoms with Crippen molar-refractivity contribution in [3.8, 4) is 0 Å². The van der Waals surface area contributed by atoms with Crippen LogP contribution in [0.25, 0.3) is 0 Å². The quantitative estimate of drug-likeness (QED) is 0.558. The highest BCUT2D eigenvalue weighted by molar-refractivity contribution is 4.94. The molecule has 0 radical (unpaired) electrons. The minimum Gasteiger partial charge on any atom is -0.394 e. The van der Waals surface area contributed by atoms with Gasteiger partial charge < -0.3 is 10.3 Å². The molecule has 0 spiro atoms. The molecule has 1 unspecified atom stereocenters. The summed E-state index contributed by atoms with van der Waals surface area (Å²) in [4.78, 5) is 1.24. The van der Waals surface area contributed by atoms with Gasteiger partial charge in [0.1, 0.15) is 5.02 Å². The zero-order chi connectivity index (χ0) is 7.84. The van der Waals surface area contributed by atoms with E-state index in [0.717, 1.165) is 19.4 Å².